The van der Waals surface area contributed by atoms with E-state index >= 15 is 0 Å². The summed E-state index contributed by atoms with van der Waals surface area (Å²) in [6, 6.07) is 1.56. The SMILES string of the molecule is CCC(N)C(C)N(CCOC)C1CC1. The number of ether oxygens (including phenoxy) is 1. The molecular formula is C11H24N2O. The summed E-state index contributed by atoms with van der Waals surface area (Å²) in [7, 11) is 1.76. The van der Waals surface area contributed by atoms with Gasteiger partial charge in [-0.25, -0.2) is 0 Å². The minimum atomic E-state index is 0.299. The average Bonchev–Trinajstić information content (AvgIpc) is 3.01. The van der Waals surface area contributed by atoms with Crippen LogP contribution < -0.4 is 5.73 Å². The van der Waals surface area contributed by atoms with Crippen molar-refractivity contribution in [1.82, 2.24) is 4.90 Å². The van der Waals surface area contributed by atoms with Crippen LogP contribution in [0.3, 0.4) is 0 Å². The number of nitrogens with two attached hydrogens (primary N) is 1. The fourth-order valence-corrected chi connectivity index (χ4v) is 1.91. The lowest BCUT2D eigenvalue weighted by molar-refractivity contribution is 0.108. The number of methoxy groups -OCH3 is 1. The zero-order valence-electron chi connectivity index (χ0n) is 9.70. The molecule has 3 nitrogen and oxygen atoms in total. The van der Waals surface area contributed by atoms with E-state index in [1.54, 1.807) is 7.11 Å². The Kier molecular flexibility index (Phi) is 4.85. The summed E-state index contributed by atoms with van der Waals surface area (Å²) in [5, 5.41) is 0. The first-order chi connectivity index (χ1) is 6.70. The van der Waals surface area contributed by atoms with Gasteiger partial charge in [0.1, 0.15) is 0 Å². The van der Waals surface area contributed by atoms with Gasteiger partial charge in [-0.05, 0) is 26.2 Å². The number of hydrogen-bond acceptors (Lipinski definition) is 3. The maximum Gasteiger partial charge on any atom is 0.0589 e. The number of hydrogen-bond donors (Lipinski definition) is 1. The van der Waals surface area contributed by atoms with Crippen LogP contribution in [0.25, 0.3) is 0 Å². The third-order valence-corrected chi connectivity index (χ3v) is 3.18. The molecule has 1 aliphatic rings. The number of rotatable bonds is 7. The third-order valence-electron chi connectivity index (χ3n) is 3.18. The molecule has 1 rings (SSSR count). The fourth-order valence-electron chi connectivity index (χ4n) is 1.91. The molecule has 0 saturated heterocycles. The number of nitrogens with zero attached hydrogens (tertiary/aromatic N) is 1. The molecule has 1 saturated carbocycles. The molecule has 2 N–H and O–H groups in total. The van der Waals surface area contributed by atoms with Crippen LogP contribution in [0.2, 0.25) is 0 Å². The van der Waals surface area contributed by atoms with Gasteiger partial charge in [0, 0.05) is 31.8 Å². The van der Waals surface area contributed by atoms with Crippen LogP contribution in [0.1, 0.15) is 33.1 Å². The highest BCUT2D eigenvalue weighted by atomic mass is 16.5. The van der Waals surface area contributed by atoms with Gasteiger partial charge in [-0.2, -0.15) is 0 Å². The van der Waals surface area contributed by atoms with Gasteiger partial charge in [0.15, 0.2) is 0 Å². The smallest absolute Gasteiger partial charge is 0.0589 e. The Balaban J connectivity index is 2.39. The monoisotopic (exact) mass is 200 g/mol. The van der Waals surface area contributed by atoms with Crippen LogP contribution in [0.4, 0.5) is 0 Å². The lowest BCUT2D eigenvalue weighted by Gasteiger charge is -2.32. The molecule has 0 aromatic rings. The van der Waals surface area contributed by atoms with Gasteiger partial charge >= 0.3 is 0 Å². The normalized spacial score (nSPS) is 21.2. The first-order valence-electron chi connectivity index (χ1n) is 5.71. The van der Waals surface area contributed by atoms with Gasteiger partial charge < -0.3 is 10.5 Å². The van der Waals surface area contributed by atoms with E-state index in [-0.39, 0.29) is 0 Å². The molecule has 2 unspecified atom stereocenters. The van der Waals surface area contributed by atoms with E-state index in [0.717, 1.165) is 25.6 Å². The fraction of sp³-hybridized carbons (Fsp3) is 1.00. The topological polar surface area (TPSA) is 38.5 Å². The Labute approximate surface area is 87.6 Å². The van der Waals surface area contributed by atoms with Gasteiger partial charge in [0.25, 0.3) is 0 Å². The lowest BCUT2D eigenvalue weighted by Crippen LogP contribution is -2.47. The Bertz CT molecular complexity index is 159. The van der Waals surface area contributed by atoms with Crippen molar-refractivity contribution in [3.05, 3.63) is 0 Å². The molecule has 0 spiro atoms. The van der Waals surface area contributed by atoms with E-state index in [1.807, 2.05) is 0 Å². The molecule has 0 radical (unpaired) electrons. The molecule has 2 atom stereocenters. The highest BCUT2D eigenvalue weighted by Gasteiger charge is 2.33. The van der Waals surface area contributed by atoms with Crippen molar-refractivity contribution in [3.8, 4) is 0 Å². The summed E-state index contributed by atoms with van der Waals surface area (Å²) in [6.07, 6.45) is 3.73. The van der Waals surface area contributed by atoms with Crippen LogP contribution in [0.5, 0.6) is 0 Å². The molecule has 1 fully saturated rings. The van der Waals surface area contributed by atoms with Crippen LogP contribution in [0.15, 0.2) is 0 Å². The second-order valence-corrected chi connectivity index (χ2v) is 4.27. The largest absolute Gasteiger partial charge is 0.383 e. The highest BCUT2D eigenvalue weighted by molar-refractivity contribution is 4.90. The Morgan fingerprint density at radius 2 is 2.14 bits per heavy atom. The maximum atomic E-state index is 6.07. The van der Waals surface area contributed by atoms with E-state index in [9.17, 15) is 0 Å². The van der Waals surface area contributed by atoms with Gasteiger partial charge in [0.2, 0.25) is 0 Å². The predicted molar refractivity (Wildman–Crippen MR) is 59.3 cm³/mol. The summed E-state index contributed by atoms with van der Waals surface area (Å²) in [6.45, 7) is 6.23. The van der Waals surface area contributed by atoms with E-state index in [1.165, 1.54) is 12.8 Å². The quantitative estimate of drug-likeness (QED) is 0.671. The molecule has 0 amide bonds. The van der Waals surface area contributed by atoms with E-state index < -0.39 is 0 Å². The molecule has 3 heteroatoms. The van der Waals surface area contributed by atoms with Crippen molar-refractivity contribution < 1.29 is 4.74 Å². The van der Waals surface area contributed by atoms with Crippen molar-refractivity contribution in [3.63, 3.8) is 0 Å². The van der Waals surface area contributed by atoms with Crippen LogP contribution in [-0.4, -0.2) is 43.3 Å². The summed E-state index contributed by atoms with van der Waals surface area (Å²) in [5.41, 5.74) is 6.07. The van der Waals surface area contributed by atoms with Gasteiger partial charge in [0.05, 0.1) is 6.61 Å². The zero-order chi connectivity index (χ0) is 10.6. The van der Waals surface area contributed by atoms with Gasteiger partial charge in [-0.3, -0.25) is 4.90 Å². The lowest BCUT2D eigenvalue weighted by atomic mass is 10.1. The van der Waals surface area contributed by atoms with Crippen LogP contribution in [-0.2, 0) is 4.74 Å². The molecule has 1 aliphatic carbocycles. The third kappa shape index (κ3) is 3.23. The van der Waals surface area contributed by atoms with Crippen molar-refractivity contribution >= 4 is 0 Å². The van der Waals surface area contributed by atoms with E-state index in [4.69, 9.17) is 10.5 Å². The summed E-state index contributed by atoms with van der Waals surface area (Å²) < 4.78 is 5.13. The Morgan fingerprint density at radius 3 is 2.57 bits per heavy atom. The van der Waals surface area contributed by atoms with E-state index in [0.29, 0.717) is 12.1 Å². The zero-order valence-corrected chi connectivity index (χ0v) is 9.70. The molecule has 14 heavy (non-hydrogen) atoms. The summed E-state index contributed by atoms with van der Waals surface area (Å²) in [4.78, 5) is 2.51. The van der Waals surface area contributed by atoms with Crippen molar-refractivity contribution in [2.24, 2.45) is 5.73 Å². The first kappa shape index (κ1) is 12.0. The Morgan fingerprint density at radius 1 is 1.50 bits per heavy atom. The molecule has 0 heterocycles. The summed E-state index contributed by atoms with van der Waals surface area (Å²) >= 11 is 0. The minimum Gasteiger partial charge on any atom is -0.383 e. The summed E-state index contributed by atoms with van der Waals surface area (Å²) in [5.74, 6) is 0. The second-order valence-electron chi connectivity index (χ2n) is 4.27. The highest BCUT2D eigenvalue weighted by Crippen LogP contribution is 2.29. The van der Waals surface area contributed by atoms with Gasteiger partial charge in [-0.1, -0.05) is 6.92 Å². The average molecular weight is 200 g/mol. The van der Waals surface area contributed by atoms with E-state index in [2.05, 4.69) is 18.7 Å². The maximum absolute atomic E-state index is 6.07. The first-order valence-corrected chi connectivity index (χ1v) is 5.71. The van der Waals surface area contributed by atoms with Gasteiger partial charge in [-0.15, -0.1) is 0 Å². The molecule has 0 aromatic carbocycles. The molecule has 0 bridgehead atoms. The van der Waals surface area contributed by atoms with Crippen molar-refractivity contribution in [1.29, 1.82) is 0 Å². The van der Waals surface area contributed by atoms with Crippen LogP contribution in [0, 0.1) is 0 Å². The standard InChI is InChI=1S/C11H24N2O/c1-4-11(12)9(2)13(7-8-14-3)10-5-6-10/h9-11H,4-8,12H2,1-3H3. The van der Waals surface area contributed by atoms with Crippen molar-refractivity contribution in [2.45, 2.75) is 51.2 Å². The molecule has 0 aromatic heterocycles. The second kappa shape index (κ2) is 5.69. The molecule has 0 aliphatic heterocycles. The van der Waals surface area contributed by atoms with Crippen molar-refractivity contribution in [2.75, 3.05) is 20.3 Å². The predicted octanol–water partition coefficient (Wildman–Crippen LogP) is 1.22. The van der Waals surface area contributed by atoms with Crippen LogP contribution >= 0.6 is 0 Å². The molecule has 84 valence electrons. The Hall–Kier alpha value is -0.120. The molecular weight excluding hydrogens is 176 g/mol. The minimum absolute atomic E-state index is 0.299.